The lowest BCUT2D eigenvalue weighted by Crippen LogP contribution is -2.29. The molecule has 2 aromatic carbocycles. The van der Waals surface area contributed by atoms with Crippen molar-refractivity contribution in [2.24, 2.45) is 11.5 Å². The molecule has 0 aliphatic rings. The summed E-state index contributed by atoms with van der Waals surface area (Å²) >= 11 is 0. The third-order valence-electron chi connectivity index (χ3n) is 2.84. The highest BCUT2D eigenvalue weighted by Crippen LogP contribution is 2.22. The first-order chi connectivity index (χ1) is 11.6. The topological polar surface area (TPSA) is 140 Å². The first-order valence-electron chi connectivity index (χ1n) is 7.39. The number of carbonyl (C=O) groups is 2. The molecule has 0 aromatic heterocycles. The molecule has 0 aliphatic heterocycles. The Labute approximate surface area is 139 Å². The molecule has 130 valence electrons. The van der Waals surface area contributed by atoms with Crippen LogP contribution in [0.5, 0.6) is 0 Å². The highest BCUT2D eigenvalue weighted by molar-refractivity contribution is 6.28. The number of carbonyl (C=O) groups excluding carboxylic acids is 1. The van der Waals surface area contributed by atoms with E-state index >= 15 is 0 Å². The van der Waals surface area contributed by atoms with Gasteiger partial charge < -0.3 is 26.7 Å². The van der Waals surface area contributed by atoms with Crippen LogP contribution in [0.1, 0.15) is 0 Å². The highest BCUT2D eigenvalue weighted by Gasteiger charge is 2.12. The van der Waals surface area contributed by atoms with Crippen LogP contribution < -0.4 is 22.3 Å². The van der Waals surface area contributed by atoms with Crippen molar-refractivity contribution in [3.8, 4) is 0 Å². The maximum atomic E-state index is 10.6. The van der Waals surface area contributed by atoms with Crippen molar-refractivity contribution in [2.75, 3.05) is 31.5 Å². The lowest BCUT2D eigenvalue weighted by Gasteiger charge is -2.10. The lowest BCUT2D eigenvalue weighted by atomic mass is 10.1. The molecule has 0 unspecified atom stereocenters. The Hall–Kier alpha value is -2.68. The quantitative estimate of drug-likeness (QED) is 0.288. The van der Waals surface area contributed by atoms with Gasteiger partial charge in [0.1, 0.15) is 0 Å². The van der Waals surface area contributed by atoms with Gasteiger partial charge in [-0.25, -0.2) is 9.59 Å². The van der Waals surface area contributed by atoms with E-state index in [-0.39, 0.29) is 0 Å². The Kier molecular flexibility index (Phi) is 8.84. The summed E-state index contributed by atoms with van der Waals surface area (Å²) in [7, 11) is 0. The van der Waals surface area contributed by atoms with Crippen LogP contribution >= 0.6 is 0 Å². The van der Waals surface area contributed by atoms with Gasteiger partial charge in [-0.3, -0.25) is 0 Å². The Morgan fingerprint density at radius 3 is 2.33 bits per heavy atom. The molecule has 0 saturated carbocycles. The van der Waals surface area contributed by atoms with Gasteiger partial charge in [0.05, 0.1) is 0 Å². The van der Waals surface area contributed by atoms with Gasteiger partial charge in [0.15, 0.2) is 0 Å². The largest absolute Gasteiger partial charge is 0.473 e. The molecule has 0 amide bonds. The average molecular weight is 334 g/mol. The van der Waals surface area contributed by atoms with Crippen LogP contribution in [0.3, 0.4) is 0 Å². The van der Waals surface area contributed by atoms with E-state index in [9.17, 15) is 9.59 Å². The Morgan fingerprint density at radius 2 is 1.67 bits per heavy atom. The number of hydrogen-bond acceptors (Lipinski definition) is 7. The molecule has 0 radical (unpaired) electrons. The SMILES string of the molecule is NCCN.O=C(O)C(=O)ONCCNc1cccc2ccccc12. The average Bonchev–Trinajstić information content (AvgIpc) is 2.61. The summed E-state index contributed by atoms with van der Waals surface area (Å²) in [5, 5.41) is 13.7. The van der Waals surface area contributed by atoms with Gasteiger partial charge in [0.25, 0.3) is 0 Å². The zero-order valence-electron chi connectivity index (χ0n) is 13.2. The molecule has 0 aliphatic carbocycles. The van der Waals surface area contributed by atoms with Crippen molar-refractivity contribution in [1.82, 2.24) is 5.48 Å². The third kappa shape index (κ3) is 6.61. The number of anilines is 1. The van der Waals surface area contributed by atoms with E-state index in [1.54, 1.807) is 0 Å². The van der Waals surface area contributed by atoms with Crippen LogP contribution in [0.4, 0.5) is 5.69 Å². The summed E-state index contributed by atoms with van der Waals surface area (Å²) in [6.07, 6.45) is 0. The second-order valence-corrected chi connectivity index (χ2v) is 4.62. The molecule has 0 heterocycles. The lowest BCUT2D eigenvalue weighted by molar-refractivity contribution is -0.168. The van der Waals surface area contributed by atoms with E-state index in [0.717, 1.165) is 16.5 Å². The van der Waals surface area contributed by atoms with Crippen LogP contribution in [0.25, 0.3) is 10.8 Å². The van der Waals surface area contributed by atoms with Gasteiger partial charge in [0, 0.05) is 37.3 Å². The van der Waals surface area contributed by atoms with Gasteiger partial charge in [-0.2, -0.15) is 5.48 Å². The number of hydrogen-bond donors (Lipinski definition) is 5. The second-order valence-electron chi connectivity index (χ2n) is 4.62. The summed E-state index contributed by atoms with van der Waals surface area (Å²) in [4.78, 5) is 25.1. The number of benzene rings is 2. The zero-order valence-corrected chi connectivity index (χ0v) is 13.2. The summed E-state index contributed by atoms with van der Waals surface area (Å²) in [5.41, 5.74) is 13.1. The number of carboxylic acid groups (broad SMARTS) is 1. The summed E-state index contributed by atoms with van der Waals surface area (Å²) in [6.45, 7) is 1.98. The van der Waals surface area contributed by atoms with Crippen molar-refractivity contribution >= 4 is 28.4 Å². The molecule has 0 spiro atoms. The summed E-state index contributed by atoms with van der Waals surface area (Å²) in [5.74, 6) is -2.95. The number of rotatable bonds is 6. The number of nitrogens with one attached hydrogen (secondary N) is 2. The minimum Gasteiger partial charge on any atom is -0.473 e. The number of nitrogens with two attached hydrogens (primary N) is 2. The van der Waals surface area contributed by atoms with Crippen LogP contribution in [0.15, 0.2) is 42.5 Å². The molecule has 7 N–H and O–H groups in total. The minimum absolute atomic E-state index is 0.294. The molecule has 24 heavy (non-hydrogen) atoms. The van der Waals surface area contributed by atoms with Crippen LogP contribution in [-0.2, 0) is 14.4 Å². The fraction of sp³-hybridized carbons (Fsp3) is 0.250. The van der Waals surface area contributed by atoms with E-state index in [2.05, 4.69) is 15.6 Å². The van der Waals surface area contributed by atoms with Crippen LogP contribution in [-0.4, -0.2) is 43.2 Å². The molecule has 0 saturated heterocycles. The number of fused-ring (bicyclic) bond motifs is 1. The third-order valence-corrected chi connectivity index (χ3v) is 2.84. The number of aliphatic carboxylic acids is 1. The van der Waals surface area contributed by atoms with Crippen molar-refractivity contribution in [3.63, 3.8) is 0 Å². The molecule has 0 fully saturated rings. The molecular formula is C16H22N4O4. The highest BCUT2D eigenvalue weighted by atomic mass is 16.7. The van der Waals surface area contributed by atoms with E-state index in [1.165, 1.54) is 0 Å². The molecule has 0 atom stereocenters. The monoisotopic (exact) mass is 334 g/mol. The molecule has 8 heteroatoms. The predicted octanol–water partition coefficient (Wildman–Crippen LogP) is 0.288. The van der Waals surface area contributed by atoms with E-state index < -0.39 is 11.9 Å². The Bertz CT molecular complexity index is 656. The normalized spacial score (nSPS) is 9.75. The van der Waals surface area contributed by atoms with Crippen molar-refractivity contribution < 1.29 is 19.5 Å². The van der Waals surface area contributed by atoms with Gasteiger partial charge in [0.2, 0.25) is 0 Å². The smallest absolute Gasteiger partial charge is 0.435 e. The Morgan fingerprint density at radius 1 is 1.00 bits per heavy atom. The van der Waals surface area contributed by atoms with Crippen LogP contribution in [0, 0.1) is 0 Å². The molecule has 0 bridgehead atoms. The van der Waals surface area contributed by atoms with Gasteiger partial charge in [-0.1, -0.05) is 36.4 Å². The maximum absolute atomic E-state index is 10.6. The van der Waals surface area contributed by atoms with Gasteiger partial charge in [-0.15, -0.1) is 0 Å². The minimum atomic E-state index is -1.63. The first kappa shape index (κ1) is 19.4. The van der Waals surface area contributed by atoms with Crippen molar-refractivity contribution in [2.45, 2.75) is 0 Å². The first-order valence-corrected chi connectivity index (χ1v) is 7.39. The fourth-order valence-electron chi connectivity index (χ4n) is 1.79. The molecule has 8 nitrogen and oxygen atoms in total. The number of hydroxylamine groups is 1. The Balaban J connectivity index is 0.000000648. The second kappa shape index (κ2) is 10.9. The maximum Gasteiger partial charge on any atom is 0.435 e. The number of carboxylic acids is 1. The molecule has 2 aromatic rings. The summed E-state index contributed by atoms with van der Waals surface area (Å²) < 4.78 is 0. The summed E-state index contributed by atoms with van der Waals surface area (Å²) in [6, 6.07) is 13.9. The zero-order chi connectivity index (χ0) is 17.8. The molecular weight excluding hydrogens is 312 g/mol. The van der Waals surface area contributed by atoms with Crippen molar-refractivity contribution in [3.05, 3.63) is 42.5 Å². The van der Waals surface area contributed by atoms with E-state index in [0.29, 0.717) is 26.2 Å². The standard InChI is InChI=1S/C14H14N2O4.C2H8N2/c17-13(18)14(19)20-16-9-8-15-12-7-3-5-10-4-1-2-6-11(10)12;3-1-2-4/h1-7,15-16H,8-9H2,(H,17,18);1-4H2. The van der Waals surface area contributed by atoms with Crippen LogP contribution in [0.2, 0.25) is 0 Å². The van der Waals surface area contributed by atoms with Crippen molar-refractivity contribution in [1.29, 1.82) is 0 Å². The fourth-order valence-corrected chi connectivity index (χ4v) is 1.79. The molecule has 2 rings (SSSR count). The predicted molar refractivity (Wildman–Crippen MR) is 92.3 cm³/mol. The van der Waals surface area contributed by atoms with E-state index in [1.807, 2.05) is 42.5 Å². The van der Waals surface area contributed by atoms with Gasteiger partial charge in [-0.05, 0) is 11.5 Å². The van der Waals surface area contributed by atoms with Gasteiger partial charge >= 0.3 is 11.9 Å². The van der Waals surface area contributed by atoms with E-state index in [4.69, 9.17) is 16.6 Å².